The molecular formula is C22H21ClN4O. The molecule has 3 heterocycles. The quantitative estimate of drug-likeness (QED) is 0.460. The number of nitrogens with zero attached hydrogens (tertiary/aromatic N) is 2. The maximum absolute atomic E-state index is 6.26. The molecule has 0 fully saturated rings. The molecule has 0 radical (unpaired) electrons. The first kappa shape index (κ1) is 18.5. The number of hydrogen-bond acceptors (Lipinski definition) is 4. The zero-order chi connectivity index (χ0) is 19.5. The summed E-state index contributed by atoms with van der Waals surface area (Å²) in [6.07, 6.45) is 5.33. The Hall–Kier alpha value is -2.89. The monoisotopic (exact) mass is 392 g/mol. The van der Waals surface area contributed by atoms with Crippen LogP contribution in [0.2, 0.25) is 5.02 Å². The molecule has 0 aliphatic rings. The molecule has 4 aromatic rings. The van der Waals surface area contributed by atoms with Gasteiger partial charge in [-0.2, -0.15) is 0 Å². The van der Waals surface area contributed by atoms with E-state index in [1.54, 1.807) is 12.4 Å². The van der Waals surface area contributed by atoms with Gasteiger partial charge in [-0.3, -0.25) is 9.97 Å². The fraction of sp³-hybridized carbons (Fsp3) is 0.182. The van der Waals surface area contributed by atoms with Crippen molar-refractivity contribution in [3.05, 3.63) is 65.6 Å². The van der Waals surface area contributed by atoms with Gasteiger partial charge < -0.3 is 15.0 Å². The van der Waals surface area contributed by atoms with Crippen LogP contribution >= 0.6 is 11.6 Å². The third kappa shape index (κ3) is 3.46. The van der Waals surface area contributed by atoms with Crippen LogP contribution in [0.1, 0.15) is 5.56 Å². The Bertz CT molecular complexity index is 1120. The second-order valence-corrected chi connectivity index (χ2v) is 6.97. The van der Waals surface area contributed by atoms with Gasteiger partial charge in [0.15, 0.2) is 0 Å². The summed E-state index contributed by atoms with van der Waals surface area (Å²) in [6.45, 7) is 3.32. The minimum absolute atomic E-state index is 0.559. The molecule has 0 amide bonds. The number of halogens is 1. The van der Waals surface area contributed by atoms with Gasteiger partial charge in [-0.15, -0.1) is 0 Å². The van der Waals surface area contributed by atoms with Gasteiger partial charge >= 0.3 is 0 Å². The van der Waals surface area contributed by atoms with Crippen molar-refractivity contribution in [1.82, 2.24) is 20.3 Å². The molecule has 6 heteroatoms. The van der Waals surface area contributed by atoms with Crippen molar-refractivity contribution < 1.29 is 4.74 Å². The highest BCUT2D eigenvalue weighted by Gasteiger charge is 2.19. The normalized spacial score (nSPS) is 11.1. The van der Waals surface area contributed by atoms with Crippen LogP contribution in [-0.2, 0) is 0 Å². The van der Waals surface area contributed by atoms with E-state index in [1.807, 2.05) is 50.5 Å². The molecule has 28 heavy (non-hydrogen) atoms. The minimum atomic E-state index is 0.559. The molecule has 0 saturated carbocycles. The van der Waals surface area contributed by atoms with E-state index in [4.69, 9.17) is 16.3 Å². The lowest BCUT2D eigenvalue weighted by atomic mass is 9.99. The lowest BCUT2D eigenvalue weighted by Crippen LogP contribution is -2.16. The number of likely N-dealkylation sites (N-methyl/N-ethyl adjacent to an activating group) is 1. The minimum Gasteiger partial charge on any atom is -0.490 e. The molecule has 0 aliphatic heterocycles. The van der Waals surface area contributed by atoms with Crippen molar-refractivity contribution in [1.29, 1.82) is 0 Å². The van der Waals surface area contributed by atoms with Gasteiger partial charge in [0.05, 0.1) is 22.9 Å². The second-order valence-electron chi connectivity index (χ2n) is 6.56. The number of pyridine rings is 2. The first-order chi connectivity index (χ1) is 13.7. The number of H-pyrrole nitrogens is 1. The molecule has 0 saturated heterocycles. The van der Waals surface area contributed by atoms with Crippen LogP contribution < -0.4 is 10.1 Å². The lowest BCUT2D eigenvalue weighted by Gasteiger charge is -2.12. The number of benzene rings is 1. The molecule has 1 aromatic carbocycles. The van der Waals surface area contributed by atoms with Crippen LogP contribution in [0.15, 0.2) is 55.0 Å². The van der Waals surface area contributed by atoms with Gasteiger partial charge in [-0.25, -0.2) is 0 Å². The van der Waals surface area contributed by atoms with Crippen molar-refractivity contribution in [2.24, 2.45) is 0 Å². The van der Waals surface area contributed by atoms with Crippen LogP contribution in [0.4, 0.5) is 0 Å². The highest BCUT2D eigenvalue weighted by atomic mass is 35.5. The molecule has 2 N–H and O–H groups in total. The summed E-state index contributed by atoms with van der Waals surface area (Å²) in [6, 6.07) is 12.0. The Labute approximate surface area is 168 Å². The summed E-state index contributed by atoms with van der Waals surface area (Å²) < 4.78 is 5.98. The molecule has 0 bridgehead atoms. The number of aromatic nitrogens is 3. The van der Waals surface area contributed by atoms with Crippen LogP contribution in [0.25, 0.3) is 33.4 Å². The Kier molecular flexibility index (Phi) is 5.28. The highest BCUT2D eigenvalue weighted by Crippen LogP contribution is 2.41. The van der Waals surface area contributed by atoms with Gasteiger partial charge in [0.25, 0.3) is 0 Å². The zero-order valence-electron chi connectivity index (χ0n) is 15.8. The Morgan fingerprint density at radius 2 is 2.07 bits per heavy atom. The lowest BCUT2D eigenvalue weighted by molar-refractivity contribution is 0.318. The van der Waals surface area contributed by atoms with E-state index >= 15 is 0 Å². The molecular weight excluding hydrogens is 372 g/mol. The first-order valence-corrected chi connectivity index (χ1v) is 9.52. The van der Waals surface area contributed by atoms with E-state index < -0.39 is 0 Å². The molecule has 0 aliphatic carbocycles. The fourth-order valence-electron chi connectivity index (χ4n) is 3.27. The van der Waals surface area contributed by atoms with Crippen molar-refractivity contribution in [3.63, 3.8) is 0 Å². The van der Waals surface area contributed by atoms with Crippen molar-refractivity contribution in [2.45, 2.75) is 6.92 Å². The summed E-state index contributed by atoms with van der Waals surface area (Å²) in [5.74, 6) is 0.733. The fourth-order valence-corrected chi connectivity index (χ4v) is 3.39. The molecule has 0 atom stereocenters. The van der Waals surface area contributed by atoms with E-state index in [9.17, 15) is 0 Å². The summed E-state index contributed by atoms with van der Waals surface area (Å²) in [4.78, 5) is 12.4. The maximum Gasteiger partial charge on any atom is 0.146 e. The standard InChI is InChI=1S/C22H21ClN4O/c1-14-12-15(5-6-17(14)23)20-21(27-18-4-3-8-26-22(18)20)16-7-9-25-13-19(16)28-11-10-24-2/h3-9,12-13,24,27H,10-11H2,1-2H3. The number of rotatable bonds is 6. The van der Waals surface area contributed by atoms with E-state index in [0.29, 0.717) is 6.61 Å². The van der Waals surface area contributed by atoms with Crippen LogP contribution in [-0.4, -0.2) is 35.2 Å². The molecule has 3 aromatic heterocycles. The van der Waals surface area contributed by atoms with Gasteiger partial charge in [-0.1, -0.05) is 17.7 Å². The van der Waals surface area contributed by atoms with Crippen LogP contribution in [0.3, 0.4) is 0 Å². The zero-order valence-corrected chi connectivity index (χ0v) is 16.5. The first-order valence-electron chi connectivity index (χ1n) is 9.14. The molecule has 4 rings (SSSR count). The van der Waals surface area contributed by atoms with Crippen LogP contribution in [0.5, 0.6) is 5.75 Å². The highest BCUT2D eigenvalue weighted by molar-refractivity contribution is 6.31. The van der Waals surface area contributed by atoms with Gasteiger partial charge in [0, 0.05) is 35.1 Å². The average Bonchev–Trinajstić information content (AvgIpc) is 3.10. The molecule has 0 spiro atoms. The summed E-state index contributed by atoms with van der Waals surface area (Å²) in [5, 5.41) is 3.84. The maximum atomic E-state index is 6.26. The predicted molar refractivity (Wildman–Crippen MR) is 114 cm³/mol. The molecule has 5 nitrogen and oxygen atoms in total. The van der Waals surface area contributed by atoms with Crippen molar-refractivity contribution in [3.8, 4) is 28.1 Å². The smallest absolute Gasteiger partial charge is 0.146 e. The SMILES string of the molecule is CNCCOc1cnccc1-c1[nH]c2cccnc2c1-c1ccc(Cl)c(C)c1. The van der Waals surface area contributed by atoms with E-state index in [2.05, 4.69) is 26.3 Å². The number of aryl methyl sites for hydroxylation is 1. The predicted octanol–water partition coefficient (Wildman–Crippen LogP) is 4.85. The topological polar surface area (TPSA) is 62.8 Å². The number of fused-ring (bicyclic) bond motifs is 1. The largest absolute Gasteiger partial charge is 0.490 e. The van der Waals surface area contributed by atoms with E-state index in [-0.39, 0.29) is 0 Å². The number of hydrogen-bond donors (Lipinski definition) is 2. The third-order valence-corrected chi connectivity index (χ3v) is 5.09. The molecule has 0 unspecified atom stereocenters. The number of aromatic amines is 1. The average molecular weight is 393 g/mol. The number of nitrogens with one attached hydrogen (secondary N) is 2. The van der Waals surface area contributed by atoms with Gasteiger partial charge in [-0.05, 0) is 55.4 Å². The molecule has 142 valence electrons. The van der Waals surface area contributed by atoms with Crippen molar-refractivity contribution in [2.75, 3.05) is 20.2 Å². The Morgan fingerprint density at radius 1 is 1.18 bits per heavy atom. The third-order valence-electron chi connectivity index (χ3n) is 4.66. The summed E-state index contributed by atoms with van der Waals surface area (Å²) >= 11 is 6.26. The van der Waals surface area contributed by atoms with E-state index in [0.717, 1.165) is 56.3 Å². The van der Waals surface area contributed by atoms with Gasteiger partial charge in [0.1, 0.15) is 12.4 Å². The van der Waals surface area contributed by atoms with Gasteiger partial charge in [0.2, 0.25) is 0 Å². The summed E-state index contributed by atoms with van der Waals surface area (Å²) in [5.41, 5.74) is 6.90. The van der Waals surface area contributed by atoms with Crippen molar-refractivity contribution >= 4 is 22.6 Å². The summed E-state index contributed by atoms with van der Waals surface area (Å²) in [7, 11) is 1.90. The number of ether oxygens (including phenoxy) is 1. The van der Waals surface area contributed by atoms with E-state index in [1.165, 1.54) is 0 Å². The second kappa shape index (κ2) is 8.00. The Morgan fingerprint density at radius 3 is 2.89 bits per heavy atom. The van der Waals surface area contributed by atoms with Crippen LogP contribution in [0, 0.1) is 6.92 Å². The Balaban J connectivity index is 1.92.